The summed E-state index contributed by atoms with van der Waals surface area (Å²) < 4.78 is 0. The van der Waals surface area contributed by atoms with E-state index < -0.39 is 24.8 Å². The molecular formula is C13H19NO5. The SMILES string of the molecule is CC(O)C=CC1C(O)CC2=C(NOCC(=O)O)C[C@H]21. The van der Waals surface area contributed by atoms with E-state index >= 15 is 0 Å². The first kappa shape index (κ1) is 14.0. The highest BCUT2D eigenvalue weighted by Crippen LogP contribution is 2.49. The molecule has 0 saturated heterocycles. The zero-order chi connectivity index (χ0) is 14.0. The van der Waals surface area contributed by atoms with E-state index in [9.17, 15) is 15.0 Å². The number of hydrogen-bond acceptors (Lipinski definition) is 5. The fourth-order valence-electron chi connectivity index (χ4n) is 2.68. The minimum absolute atomic E-state index is 0.0228. The Morgan fingerprint density at radius 1 is 1.58 bits per heavy atom. The Morgan fingerprint density at radius 3 is 2.95 bits per heavy atom. The summed E-state index contributed by atoms with van der Waals surface area (Å²) in [4.78, 5) is 15.1. The van der Waals surface area contributed by atoms with E-state index in [1.54, 1.807) is 13.0 Å². The highest BCUT2D eigenvalue weighted by atomic mass is 16.7. The molecule has 0 aliphatic heterocycles. The molecule has 2 rings (SSSR count). The van der Waals surface area contributed by atoms with Gasteiger partial charge in [-0.25, -0.2) is 4.79 Å². The Balaban J connectivity index is 1.92. The molecule has 6 heteroatoms. The van der Waals surface area contributed by atoms with Crippen LogP contribution in [0.4, 0.5) is 0 Å². The fraction of sp³-hybridized carbons (Fsp3) is 0.615. The summed E-state index contributed by atoms with van der Waals surface area (Å²) >= 11 is 0. The van der Waals surface area contributed by atoms with Crippen LogP contribution in [0.2, 0.25) is 0 Å². The van der Waals surface area contributed by atoms with Gasteiger partial charge in [-0.2, -0.15) is 0 Å². The summed E-state index contributed by atoms with van der Waals surface area (Å²) in [6.07, 6.45) is 3.88. The van der Waals surface area contributed by atoms with Crippen molar-refractivity contribution in [1.29, 1.82) is 0 Å². The highest BCUT2D eigenvalue weighted by molar-refractivity contribution is 5.67. The summed E-state index contributed by atoms with van der Waals surface area (Å²) in [5.74, 6) is -0.742. The van der Waals surface area contributed by atoms with Gasteiger partial charge < -0.3 is 15.3 Å². The fourth-order valence-corrected chi connectivity index (χ4v) is 2.68. The van der Waals surface area contributed by atoms with Crippen molar-refractivity contribution in [3.63, 3.8) is 0 Å². The van der Waals surface area contributed by atoms with Crippen molar-refractivity contribution in [3.05, 3.63) is 23.4 Å². The number of carbonyl (C=O) groups is 1. The minimum atomic E-state index is -1.03. The van der Waals surface area contributed by atoms with Crippen molar-refractivity contribution in [2.75, 3.05) is 6.61 Å². The number of carboxylic acids is 1. The van der Waals surface area contributed by atoms with E-state index in [1.165, 1.54) is 0 Å². The van der Waals surface area contributed by atoms with Crippen molar-refractivity contribution in [2.45, 2.75) is 32.0 Å². The van der Waals surface area contributed by atoms with E-state index in [0.29, 0.717) is 6.42 Å². The van der Waals surface area contributed by atoms with E-state index in [-0.39, 0.29) is 11.8 Å². The van der Waals surface area contributed by atoms with Crippen LogP contribution in [0.25, 0.3) is 0 Å². The lowest BCUT2D eigenvalue weighted by molar-refractivity contribution is -0.144. The van der Waals surface area contributed by atoms with Crippen LogP contribution in [0, 0.1) is 11.8 Å². The number of nitrogens with one attached hydrogen (secondary N) is 1. The first-order valence-corrected chi connectivity index (χ1v) is 6.35. The molecule has 0 bridgehead atoms. The molecule has 4 N–H and O–H groups in total. The van der Waals surface area contributed by atoms with Crippen LogP contribution in [0.5, 0.6) is 0 Å². The lowest BCUT2D eigenvalue weighted by Crippen LogP contribution is -2.30. The molecule has 2 aliphatic carbocycles. The van der Waals surface area contributed by atoms with Crippen LogP contribution < -0.4 is 5.48 Å². The van der Waals surface area contributed by atoms with Gasteiger partial charge in [0.05, 0.1) is 12.2 Å². The number of hydrogen-bond donors (Lipinski definition) is 4. The van der Waals surface area contributed by atoms with E-state index in [0.717, 1.165) is 17.7 Å². The molecule has 0 aromatic carbocycles. The van der Waals surface area contributed by atoms with Gasteiger partial charge in [-0.1, -0.05) is 12.2 Å². The second-order valence-electron chi connectivity index (χ2n) is 5.07. The van der Waals surface area contributed by atoms with Crippen molar-refractivity contribution in [1.82, 2.24) is 5.48 Å². The largest absolute Gasteiger partial charge is 0.479 e. The summed E-state index contributed by atoms with van der Waals surface area (Å²) in [6, 6.07) is 0. The predicted octanol–water partition coefficient (Wildman–Crippen LogP) is 0.184. The summed E-state index contributed by atoms with van der Waals surface area (Å²) in [6.45, 7) is 1.28. The van der Waals surface area contributed by atoms with Crippen LogP contribution in [0.15, 0.2) is 23.4 Å². The predicted molar refractivity (Wildman–Crippen MR) is 66.8 cm³/mol. The molecule has 1 fully saturated rings. The molecule has 3 unspecified atom stereocenters. The maximum absolute atomic E-state index is 10.3. The normalized spacial score (nSPS) is 31.2. The van der Waals surface area contributed by atoms with E-state index in [4.69, 9.17) is 9.94 Å². The van der Waals surface area contributed by atoms with Crippen LogP contribution in [0.3, 0.4) is 0 Å². The third-order valence-corrected chi connectivity index (χ3v) is 3.60. The molecule has 0 radical (unpaired) electrons. The first-order valence-electron chi connectivity index (χ1n) is 6.35. The molecule has 19 heavy (non-hydrogen) atoms. The molecule has 0 aromatic rings. The number of allylic oxidation sites excluding steroid dienone is 1. The third-order valence-electron chi connectivity index (χ3n) is 3.60. The average Bonchev–Trinajstić information content (AvgIpc) is 2.55. The van der Waals surface area contributed by atoms with Crippen molar-refractivity contribution in [3.8, 4) is 0 Å². The molecule has 106 valence electrons. The Morgan fingerprint density at radius 2 is 2.32 bits per heavy atom. The standard InChI is InChI=1S/C13H19NO5/c1-7(15)2-3-8-9-4-11(10(9)5-12(8)16)14-19-6-13(17)18/h2-3,7-9,12,14-16H,4-6H2,1H3,(H,17,18)/t7?,8?,9-,12?/m0/s1. The number of aliphatic hydroxyl groups excluding tert-OH is 2. The van der Waals surface area contributed by atoms with Crippen molar-refractivity contribution < 1.29 is 25.0 Å². The van der Waals surface area contributed by atoms with Gasteiger partial charge in [-0.15, -0.1) is 0 Å². The number of aliphatic carboxylic acids is 1. The number of carboxylic acid groups (broad SMARTS) is 1. The first-order chi connectivity index (χ1) is 8.99. The topological polar surface area (TPSA) is 99.0 Å². The van der Waals surface area contributed by atoms with Gasteiger partial charge in [-0.3, -0.25) is 10.3 Å². The van der Waals surface area contributed by atoms with Crippen molar-refractivity contribution in [2.24, 2.45) is 11.8 Å². The van der Waals surface area contributed by atoms with Gasteiger partial charge in [0, 0.05) is 11.6 Å². The zero-order valence-electron chi connectivity index (χ0n) is 10.7. The Kier molecular flexibility index (Phi) is 4.24. The maximum atomic E-state index is 10.3. The smallest absolute Gasteiger partial charge is 0.332 e. The van der Waals surface area contributed by atoms with E-state index in [1.807, 2.05) is 6.08 Å². The van der Waals surface area contributed by atoms with Gasteiger partial charge in [0.1, 0.15) is 0 Å². The van der Waals surface area contributed by atoms with Crippen LogP contribution in [0.1, 0.15) is 19.8 Å². The summed E-state index contributed by atoms with van der Waals surface area (Å²) in [5.41, 5.74) is 4.61. The minimum Gasteiger partial charge on any atom is -0.479 e. The Hall–Kier alpha value is -1.37. The molecule has 0 heterocycles. The number of hydroxylamine groups is 1. The molecule has 6 nitrogen and oxygen atoms in total. The van der Waals surface area contributed by atoms with Gasteiger partial charge >= 0.3 is 5.97 Å². The van der Waals surface area contributed by atoms with Gasteiger partial charge in [0.2, 0.25) is 0 Å². The number of rotatable bonds is 6. The van der Waals surface area contributed by atoms with Crippen LogP contribution >= 0.6 is 0 Å². The number of fused-ring (bicyclic) bond motifs is 1. The van der Waals surface area contributed by atoms with Gasteiger partial charge in [0.15, 0.2) is 6.61 Å². The molecule has 2 aliphatic rings. The van der Waals surface area contributed by atoms with Crippen LogP contribution in [-0.2, 0) is 9.63 Å². The molecular weight excluding hydrogens is 250 g/mol. The van der Waals surface area contributed by atoms with Crippen molar-refractivity contribution >= 4 is 5.97 Å². The highest BCUT2D eigenvalue weighted by Gasteiger charge is 2.44. The van der Waals surface area contributed by atoms with E-state index in [2.05, 4.69) is 5.48 Å². The lowest BCUT2D eigenvalue weighted by Gasteiger charge is -2.31. The Bertz CT molecular complexity index is 415. The monoisotopic (exact) mass is 269 g/mol. The summed E-state index contributed by atoms with van der Waals surface area (Å²) in [7, 11) is 0. The molecule has 4 atom stereocenters. The lowest BCUT2D eigenvalue weighted by atomic mass is 9.79. The molecule has 0 spiro atoms. The quantitative estimate of drug-likeness (QED) is 0.406. The second-order valence-corrected chi connectivity index (χ2v) is 5.07. The van der Waals surface area contributed by atoms with Gasteiger partial charge in [-0.05, 0) is 31.3 Å². The molecule has 1 saturated carbocycles. The van der Waals surface area contributed by atoms with Gasteiger partial charge in [0.25, 0.3) is 0 Å². The third kappa shape index (κ3) is 3.15. The summed E-state index contributed by atoms with van der Waals surface area (Å²) in [5, 5.41) is 27.7. The maximum Gasteiger partial charge on any atom is 0.332 e. The second kappa shape index (κ2) is 5.73. The Labute approximate surface area is 111 Å². The van der Waals surface area contributed by atoms with Crippen LogP contribution in [-0.4, -0.2) is 40.1 Å². The zero-order valence-corrected chi connectivity index (χ0v) is 10.7. The average molecular weight is 269 g/mol. The number of aliphatic hydroxyl groups is 2. The molecule has 0 amide bonds. The molecule has 0 aromatic heterocycles.